The molecule has 0 aromatic carbocycles. The van der Waals surface area contributed by atoms with Gasteiger partial charge in [-0.2, -0.15) is 0 Å². The van der Waals surface area contributed by atoms with Crippen molar-refractivity contribution >= 4 is 22.6 Å². The van der Waals surface area contributed by atoms with Crippen molar-refractivity contribution in [1.82, 2.24) is 5.32 Å². The van der Waals surface area contributed by atoms with Crippen LogP contribution in [0.3, 0.4) is 0 Å². The summed E-state index contributed by atoms with van der Waals surface area (Å²) in [4.78, 5) is 0. The molecule has 2 heteroatoms. The van der Waals surface area contributed by atoms with E-state index in [1.807, 2.05) is 0 Å². The van der Waals surface area contributed by atoms with E-state index in [-0.39, 0.29) is 5.54 Å². The van der Waals surface area contributed by atoms with Crippen LogP contribution in [0.2, 0.25) is 0 Å². The molecule has 1 N–H and O–H groups in total. The van der Waals surface area contributed by atoms with Crippen LogP contribution in [-0.2, 0) is 0 Å². The van der Waals surface area contributed by atoms with E-state index in [0.717, 1.165) is 12.8 Å². The molecule has 0 aliphatic heterocycles. The minimum absolute atomic E-state index is 0.206. The standard InChI is InChI=1S/C13H24IN/c1-6-9-10-11(4)15-13(5,8-3)12(14)7-2/h11-12,15H,6-8H2,1-5H3/t11?,12-,13-/m0/s1. The van der Waals surface area contributed by atoms with Crippen molar-refractivity contribution < 1.29 is 0 Å². The molecule has 15 heavy (non-hydrogen) atoms. The second-order valence-electron chi connectivity index (χ2n) is 4.19. The number of hydrogen-bond donors (Lipinski definition) is 1. The summed E-state index contributed by atoms with van der Waals surface area (Å²) in [6.07, 6.45) is 3.29. The van der Waals surface area contributed by atoms with Crippen LogP contribution in [0.5, 0.6) is 0 Å². The Morgan fingerprint density at radius 2 is 1.93 bits per heavy atom. The highest BCUT2D eigenvalue weighted by Crippen LogP contribution is 2.25. The zero-order valence-electron chi connectivity index (χ0n) is 10.7. The van der Waals surface area contributed by atoms with E-state index in [0.29, 0.717) is 9.97 Å². The van der Waals surface area contributed by atoms with Gasteiger partial charge in [0.15, 0.2) is 0 Å². The zero-order chi connectivity index (χ0) is 11.9. The van der Waals surface area contributed by atoms with Gasteiger partial charge >= 0.3 is 0 Å². The molecular weight excluding hydrogens is 297 g/mol. The maximum absolute atomic E-state index is 3.65. The Labute approximate surface area is 109 Å². The van der Waals surface area contributed by atoms with Crippen molar-refractivity contribution in [2.75, 3.05) is 0 Å². The van der Waals surface area contributed by atoms with Crippen LogP contribution >= 0.6 is 22.6 Å². The quantitative estimate of drug-likeness (QED) is 0.462. The molecule has 0 aromatic heterocycles. The largest absolute Gasteiger partial charge is 0.298 e. The number of nitrogens with one attached hydrogen (secondary N) is 1. The van der Waals surface area contributed by atoms with Gasteiger partial charge < -0.3 is 0 Å². The van der Waals surface area contributed by atoms with E-state index < -0.39 is 0 Å². The third-order valence-electron chi connectivity index (χ3n) is 2.83. The minimum atomic E-state index is 0.206. The monoisotopic (exact) mass is 321 g/mol. The molecule has 1 nitrogen and oxygen atoms in total. The van der Waals surface area contributed by atoms with Crippen molar-refractivity contribution in [3.8, 4) is 11.8 Å². The molecular formula is C13H24IN. The third kappa shape index (κ3) is 5.21. The fourth-order valence-corrected chi connectivity index (χ4v) is 2.27. The van der Waals surface area contributed by atoms with Crippen molar-refractivity contribution in [3.05, 3.63) is 0 Å². The van der Waals surface area contributed by atoms with Gasteiger partial charge in [-0.3, -0.25) is 5.32 Å². The molecule has 0 heterocycles. The number of alkyl halides is 1. The lowest BCUT2D eigenvalue weighted by Gasteiger charge is -2.36. The Kier molecular flexibility index (Phi) is 7.64. The lowest BCUT2D eigenvalue weighted by atomic mass is 9.92. The molecule has 0 saturated heterocycles. The Morgan fingerprint density at radius 3 is 2.33 bits per heavy atom. The van der Waals surface area contributed by atoms with Gasteiger partial charge in [0, 0.05) is 15.9 Å². The highest BCUT2D eigenvalue weighted by atomic mass is 127. The van der Waals surface area contributed by atoms with Crippen LogP contribution in [0.1, 0.15) is 53.9 Å². The molecule has 0 radical (unpaired) electrons. The Hall–Kier alpha value is 0.250. The van der Waals surface area contributed by atoms with Gasteiger partial charge in [0.25, 0.3) is 0 Å². The maximum Gasteiger partial charge on any atom is 0.0665 e. The minimum Gasteiger partial charge on any atom is -0.298 e. The second-order valence-corrected chi connectivity index (χ2v) is 5.69. The van der Waals surface area contributed by atoms with Crippen LogP contribution < -0.4 is 5.32 Å². The van der Waals surface area contributed by atoms with Gasteiger partial charge in [-0.25, -0.2) is 0 Å². The molecule has 0 aliphatic rings. The predicted octanol–water partition coefficient (Wildman–Crippen LogP) is 3.76. The first-order valence-corrected chi connectivity index (χ1v) is 7.14. The summed E-state index contributed by atoms with van der Waals surface area (Å²) in [6, 6.07) is 0.290. The second kappa shape index (κ2) is 7.51. The molecule has 0 amide bonds. The maximum atomic E-state index is 3.65. The van der Waals surface area contributed by atoms with Crippen molar-refractivity contribution in [2.24, 2.45) is 0 Å². The Bertz CT molecular complexity index is 228. The van der Waals surface area contributed by atoms with Gasteiger partial charge in [-0.15, -0.1) is 5.92 Å². The highest BCUT2D eigenvalue weighted by Gasteiger charge is 2.29. The number of halogens is 1. The van der Waals surface area contributed by atoms with E-state index in [9.17, 15) is 0 Å². The normalized spacial score (nSPS) is 18.5. The summed E-state index contributed by atoms with van der Waals surface area (Å²) in [5.74, 6) is 6.37. The highest BCUT2D eigenvalue weighted by molar-refractivity contribution is 14.1. The van der Waals surface area contributed by atoms with Crippen LogP contribution in [0, 0.1) is 11.8 Å². The smallest absolute Gasteiger partial charge is 0.0665 e. The molecule has 0 spiro atoms. The summed E-state index contributed by atoms with van der Waals surface area (Å²) in [5.41, 5.74) is 0.206. The summed E-state index contributed by atoms with van der Waals surface area (Å²) >= 11 is 2.54. The fraction of sp³-hybridized carbons (Fsp3) is 0.846. The first-order chi connectivity index (χ1) is 7.00. The average molecular weight is 321 g/mol. The molecule has 0 saturated carbocycles. The van der Waals surface area contributed by atoms with E-state index in [2.05, 4.69) is 74.4 Å². The summed E-state index contributed by atoms with van der Waals surface area (Å²) in [5, 5.41) is 3.65. The molecule has 1 unspecified atom stereocenters. The van der Waals surface area contributed by atoms with Crippen LogP contribution in [-0.4, -0.2) is 15.5 Å². The molecule has 0 bridgehead atoms. The third-order valence-corrected chi connectivity index (χ3v) is 5.08. The molecule has 0 aromatic rings. The topological polar surface area (TPSA) is 12.0 Å². The van der Waals surface area contributed by atoms with Crippen molar-refractivity contribution in [3.63, 3.8) is 0 Å². The SMILES string of the molecule is CCC#CC(C)N[C@@](C)(CC)[C@@H](I)CC. The van der Waals surface area contributed by atoms with Crippen molar-refractivity contribution in [2.45, 2.75) is 69.4 Å². The predicted molar refractivity (Wildman–Crippen MR) is 77.5 cm³/mol. The summed E-state index contributed by atoms with van der Waals surface area (Å²) in [7, 11) is 0. The fourth-order valence-electron chi connectivity index (χ4n) is 1.65. The Balaban J connectivity index is 4.42. The molecule has 0 fully saturated rings. The van der Waals surface area contributed by atoms with E-state index >= 15 is 0 Å². The van der Waals surface area contributed by atoms with Gasteiger partial charge in [0.05, 0.1) is 6.04 Å². The molecule has 3 atom stereocenters. The lowest BCUT2D eigenvalue weighted by molar-refractivity contribution is 0.323. The van der Waals surface area contributed by atoms with E-state index in [1.54, 1.807) is 0 Å². The lowest BCUT2D eigenvalue weighted by Crippen LogP contribution is -2.52. The van der Waals surface area contributed by atoms with Crippen molar-refractivity contribution in [1.29, 1.82) is 0 Å². The number of rotatable bonds is 5. The zero-order valence-corrected chi connectivity index (χ0v) is 12.8. The van der Waals surface area contributed by atoms with Gasteiger partial charge in [-0.05, 0) is 26.7 Å². The molecule has 88 valence electrons. The molecule has 0 aliphatic carbocycles. The Morgan fingerprint density at radius 1 is 1.33 bits per heavy atom. The van der Waals surface area contributed by atoms with Gasteiger partial charge in [0.1, 0.15) is 0 Å². The summed E-state index contributed by atoms with van der Waals surface area (Å²) in [6.45, 7) is 11.0. The van der Waals surface area contributed by atoms with Gasteiger partial charge in [0.2, 0.25) is 0 Å². The number of hydrogen-bond acceptors (Lipinski definition) is 1. The van der Waals surface area contributed by atoms with E-state index in [1.165, 1.54) is 6.42 Å². The first-order valence-electron chi connectivity index (χ1n) is 5.90. The van der Waals surface area contributed by atoms with Crippen LogP contribution in [0.25, 0.3) is 0 Å². The first kappa shape index (κ1) is 15.2. The summed E-state index contributed by atoms with van der Waals surface area (Å²) < 4.78 is 0.658. The van der Waals surface area contributed by atoms with Crippen LogP contribution in [0.15, 0.2) is 0 Å². The van der Waals surface area contributed by atoms with Crippen LogP contribution in [0.4, 0.5) is 0 Å². The van der Waals surface area contributed by atoms with E-state index in [4.69, 9.17) is 0 Å². The van der Waals surface area contributed by atoms with Gasteiger partial charge in [-0.1, -0.05) is 49.3 Å². The molecule has 0 rings (SSSR count). The average Bonchev–Trinajstić information content (AvgIpc) is 2.24.